The number of carbonyl (C=O) groups is 3. The van der Waals surface area contributed by atoms with E-state index in [0.717, 1.165) is 0 Å². The maximum atomic E-state index is 11.6. The fraction of sp³-hybridized carbons (Fsp3) is 0.750. The second-order valence-corrected chi connectivity index (χ2v) is 5.61. The van der Waals surface area contributed by atoms with E-state index >= 15 is 0 Å². The van der Waals surface area contributed by atoms with Crippen LogP contribution in [-0.2, 0) is 19.1 Å². The zero-order valence-electron chi connectivity index (χ0n) is 11.5. The van der Waals surface area contributed by atoms with Gasteiger partial charge in [0.15, 0.2) is 0 Å². The fourth-order valence-corrected chi connectivity index (χ4v) is 1.70. The van der Waals surface area contributed by atoms with Gasteiger partial charge in [0.05, 0.1) is 6.61 Å². The standard InChI is InChI=1S/C12H19NO6/c1-7(14)18-6-8-5-12(8,9(15)16)13-10(17)19-11(2,3)4/h8H,5-6H2,1-4H3,(H,13,17)(H,15,16)/t8-,12-/m1/s1. The van der Waals surface area contributed by atoms with E-state index in [1.54, 1.807) is 20.8 Å². The average molecular weight is 273 g/mol. The fourth-order valence-electron chi connectivity index (χ4n) is 1.70. The van der Waals surface area contributed by atoms with Crippen molar-refractivity contribution in [2.45, 2.75) is 45.3 Å². The van der Waals surface area contributed by atoms with Gasteiger partial charge in [0.25, 0.3) is 0 Å². The number of carboxylic acid groups (broad SMARTS) is 1. The number of esters is 1. The van der Waals surface area contributed by atoms with Gasteiger partial charge in [-0.2, -0.15) is 0 Å². The third-order valence-electron chi connectivity index (χ3n) is 2.70. The largest absolute Gasteiger partial charge is 0.479 e. The molecule has 7 heteroatoms. The molecular formula is C12H19NO6. The summed E-state index contributed by atoms with van der Waals surface area (Å²) < 4.78 is 9.78. The molecule has 1 rings (SSSR count). The molecule has 7 nitrogen and oxygen atoms in total. The Kier molecular flexibility index (Phi) is 4.07. The van der Waals surface area contributed by atoms with Gasteiger partial charge in [-0.15, -0.1) is 0 Å². The molecule has 0 radical (unpaired) electrons. The summed E-state index contributed by atoms with van der Waals surface area (Å²) in [5.41, 5.74) is -2.10. The lowest BCUT2D eigenvalue weighted by molar-refractivity contribution is -0.145. The van der Waals surface area contributed by atoms with Crippen molar-refractivity contribution in [3.63, 3.8) is 0 Å². The Morgan fingerprint density at radius 2 is 1.95 bits per heavy atom. The van der Waals surface area contributed by atoms with Crippen LogP contribution in [0, 0.1) is 5.92 Å². The highest BCUT2D eigenvalue weighted by Gasteiger charge is 2.62. The predicted molar refractivity (Wildman–Crippen MR) is 64.5 cm³/mol. The minimum atomic E-state index is -1.39. The van der Waals surface area contributed by atoms with Crippen LogP contribution >= 0.6 is 0 Å². The van der Waals surface area contributed by atoms with Crippen LogP contribution in [0.1, 0.15) is 34.1 Å². The van der Waals surface area contributed by atoms with Crippen LogP contribution in [0.4, 0.5) is 4.79 Å². The summed E-state index contributed by atoms with van der Waals surface area (Å²) in [4.78, 5) is 33.5. The molecule has 0 unspecified atom stereocenters. The van der Waals surface area contributed by atoms with Crippen molar-refractivity contribution < 1.29 is 29.0 Å². The first-order chi connectivity index (χ1) is 8.57. The summed E-state index contributed by atoms with van der Waals surface area (Å²) in [5, 5.41) is 11.5. The molecule has 0 bridgehead atoms. The molecule has 0 aliphatic heterocycles. The maximum Gasteiger partial charge on any atom is 0.408 e. The summed E-state index contributed by atoms with van der Waals surface area (Å²) in [5.74, 6) is -2.07. The molecule has 1 aliphatic rings. The lowest BCUT2D eigenvalue weighted by atomic mass is 10.2. The van der Waals surface area contributed by atoms with Crippen molar-refractivity contribution in [2.24, 2.45) is 5.92 Å². The number of nitrogens with one attached hydrogen (secondary N) is 1. The van der Waals surface area contributed by atoms with Crippen LogP contribution < -0.4 is 5.32 Å². The number of ether oxygens (including phenoxy) is 2. The number of alkyl carbamates (subject to hydrolysis) is 1. The van der Waals surface area contributed by atoms with Crippen LogP contribution in [0.2, 0.25) is 0 Å². The van der Waals surface area contributed by atoms with E-state index in [0.29, 0.717) is 0 Å². The minimum absolute atomic E-state index is 0.0303. The van der Waals surface area contributed by atoms with Crippen LogP contribution in [0.25, 0.3) is 0 Å². The molecule has 0 aromatic heterocycles. The molecule has 0 spiro atoms. The lowest BCUT2D eigenvalue weighted by Crippen LogP contribution is -2.47. The first-order valence-corrected chi connectivity index (χ1v) is 5.95. The van der Waals surface area contributed by atoms with E-state index in [1.807, 2.05) is 0 Å². The second-order valence-electron chi connectivity index (χ2n) is 5.61. The van der Waals surface area contributed by atoms with Crippen molar-refractivity contribution in [3.05, 3.63) is 0 Å². The van der Waals surface area contributed by atoms with E-state index in [4.69, 9.17) is 9.47 Å². The Balaban J connectivity index is 2.59. The first-order valence-electron chi connectivity index (χ1n) is 5.95. The highest BCUT2D eigenvalue weighted by Crippen LogP contribution is 2.44. The lowest BCUT2D eigenvalue weighted by Gasteiger charge is -2.22. The van der Waals surface area contributed by atoms with E-state index in [2.05, 4.69) is 5.32 Å². The molecule has 108 valence electrons. The Morgan fingerprint density at radius 3 is 2.37 bits per heavy atom. The van der Waals surface area contributed by atoms with Crippen LogP contribution in [0.3, 0.4) is 0 Å². The molecule has 2 N–H and O–H groups in total. The molecule has 1 saturated carbocycles. The topological polar surface area (TPSA) is 102 Å². The number of hydrogen-bond donors (Lipinski definition) is 2. The van der Waals surface area contributed by atoms with Gasteiger partial charge in [-0.05, 0) is 27.2 Å². The highest BCUT2D eigenvalue weighted by atomic mass is 16.6. The van der Waals surface area contributed by atoms with E-state index in [9.17, 15) is 19.5 Å². The van der Waals surface area contributed by atoms with Gasteiger partial charge in [0.1, 0.15) is 11.1 Å². The summed E-state index contributed by atoms with van der Waals surface area (Å²) in [6, 6.07) is 0. The summed E-state index contributed by atoms with van der Waals surface area (Å²) in [6.45, 7) is 6.26. The number of hydrogen-bond acceptors (Lipinski definition) is 5. The highest BCUT2D eigenvalue weighted by molar-refractivity contribution is 5.88. The van der Waals surface area contributed by atoms with Gasteiger partial charge in [0, 0.05) is 12.8 Å². The zero-order valence-corrected chi connectivity index (χ0v) is 11.5. The summed E-state index contributed by atoms with van der Waals surface area (Å²) in [7, 11) is 0. The normalized spacial score (nSPS) is 25.4. The number of aliphatic carboxylic acids is 1. The average Bonchev–Trinajstić information content (AvgIpc) is 2.86. The van der Waals surface area contributed by atoms with E-state index < -0.39 is 35.1 Å². The molecule has 2 atom stereocenters. The molecule has 1 amide bonds. The van der Waals surface area contributed by atoms with Gasteiger partial charge in [-0.3, -0.25) is 4.79 Å². The Labute approximate surface area is 111 Å². The van der Waals surface area contributed by atoms with Gasteiger partial charge in [0.2, 0.25) is 0 Å². The Morgan fingerprint density at radius 1 is 1.37 bits per heavy atom. The number of rotatable bonds is 4. The van der Waals surface area contributed by atoms with E-state index in [-0.39, 0.29) is 13.0 Å². The summed E-state index contributed by atoms with van der Waals surface area (Å²) >= 11 is 0. The summed E-state index contributed by atoms with van der Waals surface area (Å²) in [6.07, 6.45) is -0.574. The van der Waals surface area contributed by atoms with Gasteiger partial charge in [-0.25, -0.2) is 9.59 Å². The van der Waals surface area contributed by atoms with Crippen molar-refractivity contribution >= 4 is 18.0 Å². The van der Waals surface area contributed by atoms with Crippen LogP contribution in [0.15, 0.2) is 0 Å². The SMILES string of the molecule is CC(=O)OC[C@H]1C[C@]1(NC(=O)OC(C)(C)C)C(=O)O. The first kappa shape index (κ1) is 15.3. The molecule has 0 saturated heterocycles. The third kappa shape index (κ3) is 4.11. The Hall–Kier alpha value is -1.79. The quantitative estimate of drug-likeness (QED) is 0.738. The van der Waals surface area contributed by atoms with Gasteiger partial charge < -0.3 is 19.9 Å². The zero-order chi connectivity index (χ0) is 14.8. The molecule has 0 heterocycles. The van der Waals surface area contributed by atoms with Crippen LogP contribution in [-0.4, -0.2) is 40.9 Å². The molecule has 19 heavy (non-hydrogen) atoms. The van der Waals surface area contributed by atoms with Crippen molar-refractivity contribution in [3.8, 4) is 0 Å². The second kappa shape index (κ2) is 5.07. The third-order valence-corrected chi connectivity index (χ3v) is 2.70. The number of carbonyl (C=O) groups excluding carboxylic acids is 2. The molecule has 0 aromatic carbocycles. The smallest absolute Gasteiger partial charge is 0.408 e. The molecule has 1 aliphatic carbocycles. The van der Waals surface area contributed by atoms with Gasteiger partial charge in [-0.1, -0.05) is 0 Å². The van der Waals surface area contributed by atoms with Crippen LogP contribution in [0.5, 0.6) is 0 Å². The molecule has 1 fully saturated rings. The number of amides is 1. The molecule has 0 aromatic rings. The minimum Gasteiger partial charge on any atom is -0.479 e. The van der Waals surface area contributed by atoms with E-state index in [1.165, 1.54) is 6.92 Å². The van der Waals surface area contributed by atoms with Crippen molar-refractivity contribution in [1.29, 1.82) is 0 Å². The Bertz CT molecular complexity index is 400. The monoisotopic (exact) mass is 273 g/mol. The maximum absolute atomic E-state index is 11.6. The molecular weight excluding hydrogens is 254 g/mol. The number of carboxylic acids is 1. The van der Waals surface area contributed by atoms with Crippen molar-refractivity contribution in [1.82, 2.24) is 5.32 Å². The van der Waals surface area contributed by atoms with Crippen molar-refractivity contribution in [2.75, 3.05) is 6.61 Å². The predicted octanol–water partition coefficient (Wildman–Crippen LogP) is 0.918. The van der Waals surface area contributed by atoms with Gasteiger partial charge >= 0.3 is 18.0 Å².